The quantitative estimate of drug-likeness (QED) is 0.717. The van der Waals surface area contributed by atoms with Gasteiger partial charge in [0, 0.05) is 12.4 Å². The summed E-state index contributed by atoms with van der Waals surface area (Å²) < 4.78 is 39.9. The molecular weight excluding hydrogens is 359 g/mol. The van der Waals surface area contributed by atoms with E-state index in [9.17, 15) is 17.6 Å². The summed E-state index contributed by atoms with van der Waals surface area (Å²) in [4.78, 5) is 19.9. The van der Waals surface area contributed by atoms with E-state index >= 15 is 0 Å². The molecule has 0 aliphatic heterocycles. The second kappa shape index (κ2) is 7.28. The second-order valence-electron chi connectivity index (χ2n) is 5.19. The van der Waals surface area contributed by atoms with Crippen molar-refractivity contribution < 1.29 is 17.6 Å². The van der Waals surface area contributed by atoms with Crippen molar-refractivity contribution in [1.82, 2.24) is 9.97 Å². The summed E-state index contributed by atoms with van der Waals surface area (Å²) >= 11 is 0. The molecule has 7 nitrogen and oxygen atoms in total. The van der Waals surface area contributed by atoms with E-state index in [1.807, 2.05) is 0 Å². The van der Waals surface area contributed by atoms with E-state index in [-0.39, 0.29) is 16.3 Å². The van der Waals surface area contributed by atoms with Crippen molar-refractivity contribution in [2.24, 2.45) is 0 Å². The Morgan fingerprint density at radius 1 is 1.00 bits per heavy atom. The Balaban J connectivity index is 1.78. The van der Waals surface area contributed by atoms with Crippen LogP contribution in [0.15, 0.2) is 72.0 Å². The minimum Gasteiger partial charge on any atom is -0.319 e. The SMILES string of the molecule is O=C(Nc1cccnc1)c1cc(NS(=O)(=O)c2ccc(F)cc2)ccn1. The summed E-state index contributed by atoms with van der Waals surface area (Å²) in [6, 6.07) is 10.4. The molecule has 0 radical (unpaired) electrons. The number of halogens is 1. The Morgan fingerprint density at radius 3 is 2.46 bits per heavy atom. The second-order valence-corrected chi connectivity index (χ2v) is 6.87. The van der Waals surface area contributed by atoms with E-state index in [2.05, 4.69) is 20.0 Å². The molecule has 0 spiro atoms. The molecule has 1 aromatic carbocycles. The predicted molar refractivity (Wildman–Crippen MR) is 93.6 cm³/mol. The van der Waals surface area contributed by atoms with Crippen LogP contribution in [0.1, 0.15) is 10.5 Å². The molecular formula is C17H13FN4O3S. The number of pyridine rings is 2. The number of nitrogens with one attached hydrogen (secondary N) is 2. The Morgan fingerprint density at radius 2 is 1.77 bits per heavy atom. The van der Waals surface area contributed by atoms with E-state index in [1.54, 1.807) is 18.3 Å². The fourth-order valence-electron chi connectivity index (χ4n) is 2.08. The topological polar surface area (TPSA) is 101 Å². The highest BCUT2D eigenvalue weighted by Crippen LogP contribution is 2.17. The van der Waals surface area contributed by atoms with Gasteiger partial charge in [-0.1, -0.05) is 0 Å². The molecule has 2 aromatic heterocycles. The van der Waals surface area contributed by atoms with Crippen LogP contribution in [0.2, 0.25) is 0 Å². The number of nitrogens with zero attached hydrogens (tertiary/aromatic N) is 2. The van der Waals surface area contributed by atoms with Crippen LogP contribution in [-0.2, 0) is 10.0 Å². The Bertz CT molecular complexity index is 1030. The molecule has 0 saturated carbocycles. The molecule has 0 saturated heterocycles. The first kappa shape index (κ1) is 17.5. The van der Waals surface area contributed by atoms with Gasteiger partial charge in [0.1, 0.15) is 11.5 Å². The lowest BCUT2D eigenvalue weighted by atomic mass is 10.3. The molecule has 3 rings (SSSR count). The van der Waals surface area contributed by atoms with Gasteiger partial charge in [-0.25, -0.2) is 12.8 Å². The van der Waals surface area contributed by atoms with Crippen molar-refractivity contribution in [2.75, 3.05) is 10.0 Å². The fraction of sp³-hybridized carbons (Fsp3) is 0. The van der Waals surface area contributed by atoms with Crippen LogP contribution in [-0.4, -0.2) is 24.3 Å². The van der Waals surface area contributed by atoms with Gasteiger partial charge in [-0.15, -0.1) is 0 Å². The lowest BCUT2D eigenvalue weighted by Gasteiger charge is -2.09. The lowest BCUT2D eigenvalue weighted by molar-refractivity contribution is 0.102. The van der Waals surface area contributed by atoms with E-state index in [1.165, 1.54) is 24.5 Å². The van der Waals surface area contributed by atoms with Gasteiger partial charge in [0.25, 0.3) is 15.9 Å². The zero-order chi connectivity index (χ0) is 18.6. The molecule has 26 heavy (non-hydrogen) atoms. The minimum absolute atomic E-state index is 0.0214. The van der Waals surface area contributed by atoms with E-state index in [0.717, 1.165) is 24.3 Å². The highest BCUT2D eigenvalue weighted by molar-refractivity contribution is 7.92. The van der Waals surface area contributed by atoms with Gasteiger partial charge in [0.05, 0.1) is 22.5 Å². The zero-order valence-corrected chi connectivity index (χ0v) is 14.1. The number of aromatic nitrogens is 2. The lowest BCUT2D eigenvalue weighted by Crippen LogP contribution is -2.16. The Hall–Kier alpha value is -3.33. The number of anilines is 2. The number of benzene rings is 1. The number of rotatable bonds is 5. The maximum absolute atomic E-state index is 13.0. The number of sulfonamides is 1. The number of carbonyl (C=O) groups excluding carboxylic acids is 1. The molecule has 2 heterocycles. The highest BCUT2D eigenvalue weighted by Gasteiger charge is 2.16. The summed E-state index contributed by atoms with van der Waals surface area (Å²) in [5.74, 6) is -1.05. The van der Waals surface area contributed by atoms with Crippen LogP contribution < -0.4 is 10.0 Å². The van der Waals surface area contributed by atoms with Crippen LogP contribution in [0.25, 0.3) is 0 Å². The van der Waals surface area contributed by atoms with Crippen LogP contribution in [0, 0.1) is 5.82 Å². The number of hydrogen-bond acceptors (Lipinski definition) is 5. The van der Waals surface area contributed by atoms with Crippen molar-refractivity contribution >= 4 is 27.3 Å². The van der Waals surface area contributed by atoms with E-state index in [4.69, 9.17) is 0 Å². The van der Waals surface area contributed by atoms with Crippen LogP contribution in [0.5, 0.6) is 0 Å². The van der Waals surface area contributed by atoms with Gasteiger partial charge in [-0.3, -0.25) is 19.5 Å². The van der Waals surface area contributed by atoms with Crippen LogP contribution >= 0.6 is 0 Å². The third-order valence-corrected chi connectivity index (χ3v) is 4.69. The van der Waals surface area contributed by atoms with Gasteiger partial charge < -0.3 is 5.32 Å². The number of amides is 1. The van der Waals surface area contributed by atoms with Gasteiger partial charge in [-0.05, 0) is 48.5 Å². The third kappa shape index (κ3) is 4.19. The fourth-order valence-corrected chi connectivity index (χ4v) is 3.13. The molecule has 0 aliphatic carbocycles. The van der Waals surface area contributed by atoms with Crippen LogP contribution in [0.3, 0.4) is 0 Å². The van der Waals surface area contributed by atoms with Gasteiger partial charge in [0.2, 0.25) is 0 Å². The van der Waals surface area contributed by atoms with Crippen molar-refractivity contribution in [3.8, 4) is 0 Å². The standard InChI is InChI=1S/C17H13FN4O3S/c18-12-3-5-15(6-4-12)26(24,25)22-13-7-9-20-16(10-13)17(23)21-14-2-1-8-19-11-14/h1-11H,(H,20,22)(H,21,23). The first-order chi connectivity index (χ1) is 12.4. The van der Waals surface area contributed by atoms with Crippen molar-refractivity contribution in [3.05, 3.63) is 78.6 Å². The molecule has 132 valence electrons. The first-order valence-corrected chi connectivity index (χ1v) is 8.88. The average molecular weight is 372 g/mol. The average Bonchev–Trinajstić information content (AvgIpc) is 2.63. The smallest absolute Gasteiger partial charge is 0.274 e. The predicted octanol–water partition coefficient (Wildman–Crippen LogP) is 2.67. The summed E-state index contributed by atoms with van der Waals surface area (Å²) in [6.07, 6.45) is 4.35. The summed E-state index contributed by atoms with van der Waals surface area (Å²) in [7, 11) is -3.92. The largest absolute Gasteiger partial charge is 0.319 e. The first-order valence-electron chi connectivity index (χ1n) is 7.40. The molecule has 0 aliphatic rings. The van der Waals surface area contributed by atoms with Crippen molar-refractivity contribution in [2.45, 2.75) is 4.90 Å². The minimum atomic E-state index is -3.92. The zero-order valence-electron chi connectivity index (χ0n) is 13.3. The molecule has 0 fully saturated rings. The Kier molecular flexibility index (Phi) is 4.90. The maximum Gasteiger partial charge on any atom is 0.274 e. The Labute approximate surface area is 149 Å². The summed E-state index contributed by atoms with van der Waals surface area (Å²) in [5.41, 5.74) is 0.658. The van der Waals surface area contributed by atoms with E-state index < -0.39 is 21.7 Å². The monoisotopic (exact) mass is 372 g/mol. The molecule has 1 amide bonds. The molecule has 0 unspecified atom stereocenters. The number of carbonyl (C=O) groups is 1. The molecule has 0 atom stereocenters. The van der Waals surface area contributed by atoms with Gasteiger partial charge in [-0.2, -0.15) is 0 Å². The molecule has 0 bridgehead atoms. The van der Waals surface area contributed by atoms with Crippen LogP contribution in [0.4, 0.5) is 15.8 Å². The van der Waals surface area contributed by atoms with E-state index in [0.29, 0.717) is 5.69 Å². The molecule has 3 aromatic rings. The summed E-state index contributed by atoms with van der Waals surface area (Å²) in [6.45, 7) is 0. The normalized spacial score (nSPS) is 11.0. The summed E-state index contributed by atoms with van der Waals surface area (Å²) in [5, 5.41) is 2.60. The van der Waals surface area contributed by atoms with Crippen molar-refractivity contribution in [3.63, 3.8) is 0 Å². The van der Waals surface area contributed by atoms with Gasteiger partial charge in [0.15, 0.2) is 0 Å². The molecule has 9 heteroatoms. The van der Waals surface area contributed by atoms with Gasteiger partial charge >= 0.3 is 0 Å². The third-order valence-electron chi connectivity index (χ3n) is 3.29. The maximum atomic E-state index is 13.0. The highest BCUT2D eigenvalue weighted by atomic mass is 32.2. The van der Waals surface area contributed by atoms with Crippen molar-refractivity contribution in [1.29, 1.82) is 0 Å². The number of hydrogen-bond donors (Lipinski definition) is 2. The molecule has 2 N–H and O–H groups in total.